The van der Waals surface area contributed by atoms with Gasteiger partial charge in [-0.3, -0.25) is 9.59 Å². The third-order valence-electron chi connectivity index (χ3n) is 5.02. The Balaban J connectivity index is 1.79. The zero-order valence-electron chi connectivity index (χ0n) is 16.1. The first-order chi connectivity index (χ1) is 14.0. The number of halogens is 2. The van der Waals surface area contributed by atoms with E-state index in [0.717, 1.165) is 16.7 Å². The van der Waals surface area contributed by atoms with Crippen molar-refractivity contribution in [2.24, 2.45) is 13.0 Å². The summed E-state index contributed by atoms with van der Waals surface area (Å²) < 4.78 is 28.9. The molecule has 0 radical (unpaired) electrons. The van der Waals surface area contributed by atoms with Crippen molar-refractivity contribution in [3.05, 3.63) is 33.9 Å². The quantitative estimate of drug-likeness (QED) is 0.703. The van der Waals surface area contributed by atoms with Gasteiger partial charge in [0.05, 0.1) is 22.0 Å². The zero-order valence-corrected chi connectivity index (χ0v) is 18.5. The number of rotatable bonds is 4. The molecule has 30 heavy (non-hydrogen) atoms. The molecular formula is C18H19Cl2N5O4S. The normalized spacial score (nSPS) is 20.0. The Kier molecular flexibility index (Phi) is 6.29. The summed E-state index contributed by atoms with van der Waals surface area (Å²) in [7, 11) is -2.31. The van der Waals surface area contributed by atoms with Crippen LogP contribution in [0.2, 0.25) is 10.0 Å². The third kappa shape index (κ3) is 4.25. The van der Waals surface area contributed by atoms with Gasteiger partial charge in [0.25, 0.3) is 5.91 Å². The predicted octanol–water partition coefficient (Wildman–Crippen LogP) is 1.81. The molecule has 2 heterocycles. The average molecular weight is 472 g/mol. The average Bonchev–Trinajstić information content (AvgIpc) is 3.01. The number of hydrogen-bond acceptors (Lipinski definition) is 5. The van der Waals surface area contributed by atoms with Gasteiger partial charge < -0.3 is 9.88 Å². The van der Waals surface area contributed by atoms with E-state index < -0.39 is 34.0 Å². The highest BCUT2D eigenvalue weighted by Gasteiger charge is 2.36. The molecule has 0 saturated carbocycles. The van der Waals surface area contributed by atoms with E-state index in [2.05, 4.69) is 5.32 Å². The summed E-state index contributed by atoms with van der Waals surface area (Å²) in [4.78, 5) is 24.0. The minimum absolute atomic E-state index is 0.0578. The molecule has 160 valence electrons. The number of amides is 2. The molecule has 1 saturated heterocycles. The van der Waals surface area contributed by atoms with Gasteiger partial charge in [-0.2, -0.15) is 18.0 Å². The van der Waals surface area contributed by atoms with Crippen LogP contribution in [0.1, 0.15) is 23.8 Å². The Labute approximate surface area is 183 Å². The second-order valence-electron chi connectivity index (χ2n) is 7.01. The molecule has 0 aliphatic carbocycles. The smallest absolute Gasteiger partial charge is 0.303 e. The maximum atomic E-state index is 12.9. The number of benzene rings is 1. The van der Waals surface area contributed by atoms with Crippen molar-refractivity contribution in [2.75, 3.05) is 13.1 Å². The van der Waals surface area contributed by atoms with Crippen LogP contribution in [0.25, 0.3) is 10.9 Å². The largest absolute Gasteiger partial charge is 0.347 e. The highest BCUT2D eigenvalue weighted by Crippen LogP contribution is 2.32. The van der Waals surface area contributed by atoms with Crippen LogP contribution < -0.4 is 10.0 Å². The first-order valence-electron chi connectivity index (χ1n) is 8.97. The molecule has 1 fully saturated rings. The lowest BCUT2D eigenvalue weighted by molar-refractivity contribution is -0.117. The van der Waals surface area contributed by atoms with Gasteiger partial charge in [0.1, 0.15) is 5.69 Å². The Hall–Kier alpha value is -2.32. The molecule has 2 atom stereocenters. The summed E-state index contributed by atoms with van der Waals surface area (Å²) in [6, 6.07) is 6.51. The number of fused-ring (bicyclic) bond motifs is 1. The van der Waals surface area contributed by atoms with E-state index in [9.17, 15) is 23.3 Å². The monoisotopic (exact) mass is 471 g/mol. The summed E-state index contributed by atoms with van der Waals surface area (Å²) in [5.41, 5.74) is 1.06. The van der Waals surface area contributed by atoms with Gasteiger partial charge in [0.2, 0.25) is 5.91 Å². The van der Waals surface area contributed by atoms with Crippen LogP contribution in [0.3, 0.4) is 0 Å². The van der Waals surface area contributed by atoms with Crippen LogP contribution in [0.15, 0.2) is 18.2 Å². The number of nitrogens with one attached hydrogen (secondary N) is 2. The minimum Gasteiger partial charge on any atom is -0.347 e. The molecule has 0 bridgehead atoms. The lowest BCUT2D eigenvalue weighted by atomic mass is 9.94. The fourth-order valence-corrected chi connectivity index (χ4v) is 5.07. The van der Waals surface area contributed by atoms with Crippen LogP contribution in [-0.2, 0) is 22.1 Å². The predicted molar refractivity (Wildman–Crippen MR) is 112 cm³/mol. The lowest BCUT2D eigenvalue weighted by Gasteiger charge is -2.34. The minimum atomic E-state index is -4.02. The van der Waals surface area contributed by atoms with Crippen molar-refractivity contribution >= 4 is 56.1 Å². The number of aryl methyl sites for hydroxylation is 1. The maximum Gasteiger partial charge on any atom is 0.303 e. The van der Waals surface area contributed by atoms with Gasteiger partial charge in [0.15, 0.2) is 0 Å². The second kappa shape index (κ2) is 8.43. The molecule has 1 aliphatic rings. The molecule has 0 unspecified atom stereocenters. The molecule has 2 aromatic rings. The van der Waals surface area contributed by atoms with Crippen LogP contribution in [0, 0.1) is 17.2 Å². The highest BCUT2D eigenvalue weighted by atomic mass is 35.5. The summed E-state index contributed by atoms with van der Waals surface area (Å²) >= 11 is 12.3. The number of nitriles is 1. The second-order valence-corrected chi connectivity index (χ2v) is 9.46. The van der Waals surface area contributed by atoms with Crippen molar-refractivity contribution in [3.8, 4) is 6.07 Å². The molecule has 9 nitrogen and oxygen atoms in total. The Morgan fingerprint density at radius 2 is 2.00 bits per heavy atom. The van der Waals surface area contributed by atoms with Gasteiger partial charge in [-0.25, -0.2) is 4.72 Å². The first-order valence-corrected chi connectivity index (χ1v) is 11.2. The van der Waals surface area contributed by atoms with E-state index in [1.54, 1.807) is 29.8 Å². The van der Waals surface area contributed by atoms with Crippen molar-refractivity contribution in [1.29, 1.82) is 5.26 Å². The highest BCUT2D eigenvalue weighted by molar-refractivity contribution is 7.87. The molecule has 1 aromatic carbocycles. The van der Waals surface area contributed by atoms with E-state index >= 15 is 0 Å². The zero-order chi connectivity index (χ0) is 22.2. The number of nitrogens with zero attached hydrogens (tertiary/aromatic N) is 3. The molecule has 2 N–H and O–H groups in total. The van der Waals surface area contributed by atoms with Crippen molar-refractivity contribution in [2.45, 2.75) is 19.4 Å². The molecule has 1 aromatic heterocycles. The van der Waals surface area contributed by atoms with Gasteiger partial charge in [-0.15, -0.1) is 0 Å². The van der Waals surface area contributed by atoms with Crippen LogP contribution in [-0.4, -0.2) is 48.2 Å². The van der Waals surface area contributed by atoms with Crippen LogP contribution >= 0.6 is 23.2 Å². The SMILES string of the molecule is CC(=O)NS(=O)(=O)N1CC[C@H](NC(=O)c2cc3c(Cl)c(Cl)ccc3n2C)[C@H](C#N)C1. The number of hydrogen-bond donors (Lipinski definition) is 2. The third-order valence-corrected chi connectivity index (χ3v) is 7.39. The maximum absolute atomic E-state index is 12.9. The first kappa shape index (κ1) is 22.4. The Bertz CT molecular complexity index is 1170. The lowest BCUT2D eigenvalue weighted by Crippen LogP contribution is -2.54. The number of piperidine rings is 1. The van der Waals surface area contributed by atoms with Crippen molar-refractivity contribution in [1.82, 2.24) is 18.9 Å². The molecule has 12 heteroatoms. The standard InChI is InChI=1S/C18H19Cl2N5O4S/c1-10(26)23-30(28,29)25-6-5-14(11(8-21)9-25)22-18(27)16-7-12-15(24(16)2)4-3-13(19)17(12)20/h3-4,7,11,14H,5-6,9H2,1-2H3,(H,22,27)(H,23,26)/t11-,14+/m1/s1. The van der Waals surface area contributed by atoms with E-state index in [0.29, 0.717) is 21.1 Å². The fraction of sp³-hybridized carbons (Fsp3) is 0.389. The fourth-order valence-electron chi connectivity index (χ4n) is 3.50. The number of carbonyl (C=O) groups is 2. The molecule has 0 spiro atoms. The van der Waals surface area contributed by atoms with Gasteiger partial charge in [0, 0.05) is 44.0 Å². The van der Waals surface area contributed by atoms with Crippen LogP contribution in [0.4, 0.5) is 0 Å². The summed E-state index contributed by atoms with van der Waals surface area (Å²) in [6.45, 7) is 1.01. The number of aromatic nitrogens is 1. The van der Waals surface area contributed by atoms with E-state index in [1.807, 2.05) is 10.8 Å². The number of carbonyl (C=O) groups excluding carboxylic acids is 2. The van der Waals surface area contributed by atoms with Gasteiger partial charge in [-0.05, 0) is 24.6 Å². The summed E-state index contributed by atoms with van der Waals surface area (Å²) in [5.74, 6) is -1.91. The molecule has 1 aliphatic heterocycles. The Morgan fingerprint density at radius 3 is 2.63 bits per heavy atom. The topological polar surface area (TPSA) is 124 Å². The molecular weight excluding hydrogens is 453 g/mol. The van der Waals surface area contributed by atoms with Crippen molar-refractivity contribution < 1.29 is 18.0 Å². The van der Waals surface area contributed by atoms with Gasteiger partial charge in [-0.1, -0.05) is 23.2 Å². The van der Waals surface area contributed by atoms with Crippen LogP contribution in [0.5, 0.6) is 0 Å². The Morgan fingerprint density at radius 1 is 1.30 bits per heavy atom. The molecule has 2 amide bonds. The van der Waals surface area contributed by atoms with Gasteiger partial charge >= 0.3 is 10.2 Å². The van der Waals surface area contributed by atoms with E-state index in [4.69, 9.17) is 23.2 Å². The summed E-state index contributed by atoms with van der Waals surface area (Å²) in [5, 5.41) is 13.7. The van der Waals surface area contributed by atoms with E-state index in [1.165, 1.54) is 0 Å². The van der Waals surface area contributed by atoms with Crippen molar-refractivity contribution in [3.63, 3.8) is 0 Å². The summed E-state index contributed by atoms with van der Waals surface area (Å²) in [6.07, 6.45) is 0.222. The molecule has 3 rings (SSSR count). The van der Waals surface area contributed by atoms with E-state index in [-0.39, 0.29) is 19.5 Å².